The van der Waals surface area contributed by atoms with Crippen LogP contribution in [0, 0.1) is 5.92 Å². The number of hydrogen-bond acceptors (Lipinski definition) is 8. The number of thioether (sulfide) groups is 2. The summed E-state index contributed by atoms with van der Waals surface area (Å²) in [6.07, 6.45) is 0.622. The van der Waals surface area contributed by atoms with Crippen LogP contribution in [0.3, 0.4) is 0 Å². The summed E-state index contributed by atoms with van der Waals surface area (Å²) in [5.41, 5.74) is 0. The SMILES string of the molecule is CCOC(=O)NC(=O)C1CC(Cl)SC1NC(=O)C1NC2CNCCC2S1. The Labute approximate surface area is 165 Å². The van der Waals surface area contributed by atoms with Gasteiger partial charge in [0.15, 0.2) is 0 Å². The summed E-state index contributed by atoms with van der Waals surface area (Å²) in [4.78, 5) is 36.5. The molecule has 6 unspecified atom stereocenters. The molecule has 0 saturated carbocycles. The van der Waals surface area contributed by atoms with Crippen LogP contribution >= 0.6 is 35.1 Å². The number of piperidine rings is 1. The molecule has 3 aliphatic rings. The normalized spacial score (nSPS) is 36.2. The molecule has 0 spiro atoms. The number of nitrogens with one attached hydrogen (secondary N) is 4. The Kier molecular flexibility index (Phi) is 6.95. The molecule has 0 radical (unpaired) electrons. The van der Waals surface area contributed by atoms with Crippen molar-refractivity contribution >= 4 is 53.0 Å². The predicted molar refractivity (Wildman–Crippen MR) is 102 cm³/mol. The highest BCUT2D eigenvalue weighted by molar-refractivity contribution is 8.02. The molecule has 0 bridgehead atoms. The summed E-state index contributed by atoms with van der Waals surface area (Å²) >= 11 is 9.13. The van der Waals surface area contributed by atoms with Gasteiger partial charge in [-0.25, -0.2) is 4.79 Å². The molecule has 26 heavy (non-hydrogen) atoms. The second-order valence-corrected chi connectivity index (χ2v) is 9.83. The summed E-state index contributed by atoms with van der Waals surface area (Å²) in [7, 11) is 0. The highest BCUT2D eigenvalue weighted by Gasteiger charge is 2.43. The quantitative estimate of drug-likeness (QED) is 0.482. The highest BCUT2D eigenvalue weighted by atomic mass is 35.5. The van der Waals surface area contributed by atoms with Gasteiger partial charge in [0.1, 0.15) is 5.37 Å². The minimum atomic E-state index is -0.782. The van der Waals surface area contributed by atoms with E-state index in [1.54, 1.807) is 18.7 Å². The number of carbonyl (C=O) groups is 3. The lowest BCUT2D eigenvalue weighted by Gasteiger charge is -2.24. The zero-order valence-electron chi connectivity index (χ0n) is 14.3. The van der Waals surface area contributed by atoms with Gasteiger partial charge in [-0.15, -0.1) is 35.1 Å². The Hall–Kier alpha value is -0.680. The summed E-state index contributed by atoms with van der Waals surface area (Å²) in [6.45, 7) is 3.66. The zero-order chi connectivity index (χ0) is 18.7. The number of halogens is 1. The number of ether oxygens (including phenoxy) is 1. The van der Waals surface area contributed by atoms with E-state index in [-0.39, 0.29) is 28.6 Å². The summed E-state index contributed by atoms with van der Waals surface area (Å²) in [6, 6.07) is 0.282. The molecular formula is C15H23ClN4O4S2. The third-order valence-corrected chi connectivity index (χ3v) is 7.80. The second kappa shape index (κ2) is 9.01. The van der Waals surface area contributed by atoms with Crippen LogP contribution in [0.1, 0.15) is 19.8 Å². The van der Waals surface area contributed by atoms with Gasteiger partial charge in [0.2, 0.25) is 11.8 Å². The molecule has 4 N–H and O–H groups in total. The van der Waals surface area contributed by atoms with Crippen molar-refractivity contribution in [2.24, 2.45) is 5.92 Å². The average molecular weight is 423 g/mol. The van der Waals surface area contributed by atoms with Gasteiger partial charge in [0.25, 0.3) is 0 Å². The number of rotatable bonds is 4. The molecule has 0 aromatic carbocycles. The van der Waals surface area contributed by atoms with Crippen molar-refractivity contribution < 1.29 is 19.1 Å². The minimum Gasteiger partial charge on any atom is -0.450 e. The Morgan fingerprint density at radius 1 is 1.27 bits per heavy atom. The fourth-order valence-electron chi connectivity index (χ4n) is 3.30. The van der Waals surface area contributed by atoms with Gasteiger partial charge in [-0.1, -0.05) is 0 Å². The van der Waals surface area contributed by atoms with Crippen molar-refractivity contribution in [1.82, 2.24) is 21.3 Å². The van der Waals surface area contributed by atoms with Crippen LogP contribution in [0.15, 0.2) is 0 Å². The number of hydrogen-bond donors (Lipinski definition) is 4. The lowest BCUT2D eigenvalue weighted by Crippen LogP contribution is -2.51. The molecule has 6 atom stereocenters. The first kappa shape index (κ1) is 20.1. The van der Waals surface area contributed by atoms with Crippen LogP contribution in [0.2, 0.25) is 0 Å². The van der Waals surface area contributed by atoms with E-state index in [2.05, 4.69) is 21.3 Å². The predicted octanol–water partition coefficient (Wildman–Crippen LogP) is 0.412. The Morgan fingerprint density at radius 3 is 2.81 bits per heavy atom. The molecule has 3 saturated heterocycles. The Morgan fingerprint density at radius 2 is 2.08 bits per heavy atom. The van der Waals surface area contributed by atoms with Gasteiger partial charge in [0, 0.05) is 17.8 Å². The van der Waals surface area contributed by atoms with Crippen molar-refractivity contribution in [1.29, 1.82) is 0 Å². The monoisotopic (exact) mass is 422 g/mol. The first-order valence-corrected chi connectivity index (χ1v) is 11.0. The van der Waals surface area contributed by atoms with Gasteiger partial charge < -0.3 is 15.4 Å². The van der Waals surface area contributed by atoms with Crippen molar-refractivity contribution in [2.75, 3.05) is 19.7 Å². The average Bonchev–Trinajstić information content (AvgIpc) is 3.18. The molecule has 3 amide bonds. The number of alkyl halides is 1. The van der Waals surface area contributed by atoms with E-state index in [0.29, 0.717) is 11.7 Å². The fourth-order valence-corrected chi connectivity index (χ4v) is 6.48. The number of amides is 3. The fraction of sp³-hybridized carbons (Fsp3) is 0.800. The third-order valence-electron chi connectivity index (χ3n) is 4.55. The zero-order valence-corrected chi connectivity index (χ0v) is 16.7. The van der Waals surface area contributed by atoms with E-state index in [0.717, 1.165) is 19.5 Å². The summed E-state index contributed by atoms with van der Waals surface area (Å²) in [5, 5.41) is 11.4. The van der Waals surface area contributed by atoms with Gasteiger partial charge in [0.05, 0.1) is 22.6 Å². The van der Waals surface area contributed by atoms with Gasteiger partial charge >= 0.3 is 6.09 Å². The van der Waals surface area contributed by atoms with Gasteiger partial charge in [-0.2, -0.15) is 0 Å². The maximum Gasteiger partial charge on any atom is 0.413 e. The van der Waals surface area contributed by atoms with Crippen LogP contribution in [-0.4, -0.2) is 64.4 Å². The standard InChI is InChI=1S/C15H23ClN4O4S2/c1-2-24-15(23)20-11(21)7-5-10(16)26-13(7)19-12(22)14-18-8-6-17-4-3-9(8)25-14/h7-10,13-14,17-18H,2-6H2,1H3,(H,19,22)(H,20,21,23). The maximum atomic E-state index is 12.6. The smallest absolute Gasteiger partial charge is 0.413 e. The topological polar surface area (TPSA) is 109 Å². The molecule has 11 heteroatoms. The number of alkyl carbamates (subject to hydrolysis) is 1. The van der Waals surface area contributed by atoms with Gasteiger partial charge in [-0.05, 0) is 26.3 Å². The lowest BCUT2D eigenvalue weighted by molar-refractivity contribution is -0.125. The minimum absolute atomic E-state index is 0.151. The van der Waals surface area contributed by atoms with Crippen LogP contribution in [0.5, 0.6) is 0 Å². The molecule has 3 rings (SSSR count). The molecule has 0 aromatic heterocycles. The molecule has 3 heterocycles. The van der Waals surface area contributed by atoms with E-state index in [9.17, 15) is 14.4 Å². The van der Waals surface area contributed by atoms with Crippen molar-refractivity contribution in [3.63, 3.8) is 0 Å². The van der Waals surface area contributed by atoms with Crippen molar-refractivity contribution in [3.05, 3.63) is 0 Å². The number of carbonyl (C=O) groups excluding carboxylic acids is 3. The first-order valence-electron chi connectivity index (χ1n) is 8.67. The largest absolute Gasteiger partial charge is 0.450 e. The van der Waals surface area contributed by atoms with Crippen LogP contribution in [-0.2, 0) is 14.3 Å². The van der Waals surface area contributed by atoms with Crippen LogP contribution in [0.25, 0.3) is 0 Å². The number of fused-ring (bicyclic) bond motifs is 1. The number of imide groups is 1. The summed E-state index contributed by atoms with van der Waals surface area (Å²) in [5.74, 6) is -1.21. The van der Waals surface area contributed by atoms with Crippen LogP contribution in [0.4, 0.5) is 4.79 Å². The highest BCUT2D eigenvalue weighted by Crippen LogP contribution is 2.40. The Bertz CT molecular complexity index is 556. The molecule has 3 fully saturated rings. The first-order chi connectivity index (χ1) is 12.5. The molecule has 0 aromatic rings. The van der Waals surface area contributed by atoms with Crippen LogP contribution < -0.4 is 21.3 Å². The molecule has 146 valence electrons. The molecular weight excluding hydrogens is 400 g/mol. The van der Waals surface area contributed by atoms with E-state index < -0.39 is 23.3 Å². The summed E-state index contributed by atoms with van der Waals surface area (Å²) < 4.78 is 4.44. The molecule has 8 nitrogen and oxygen atoms in total. The molecule has 3 aliphatic heterocycles. The second-order valence-electron chi connectivity index (χ2n) is 6.35. The maximum absolute atomic E-state index is 12.6. The van der Waals surface area contributed by atoms with E-state index in [1.807, 2.05) is 0 Å². The third kappa shape index (κ3) is 4.78. The Balaban J connectivity index is 1.55. The van der Waals surface area contributed by atoms with E-state index in [4.69, 9.17) is 16.3 Å². The van der Waals surface area contributed by atoms with E-state index in [1.165, 1.54) is 11.8 Å². The lowest BCUT2D eigenvalue weighted by atomic mass is 10.1. The van der Waals surface area contributed by atoms with Crippen molar-refractivity contribution in [2.45, 2.75) is 46.5 Å². The van der Waals surface area contributed by atoms with Crippen molar-refractivity contribution in [3.8, 4) is 0 Å². The van der Waals surface area contributed by atoms with E-state index >= 15 is 0 Å². The van der Waals surface area contributed by atoms with Gasteiger partial charge in [-0.3, -0.25) is 20.2 Å². The molecule has 0 aliphatic carbocycles.